The molecule has 4 aromatic rings. The Bertz CT molecular complexity index is 1060. The topological polar surface area (TPSA) is 77.2 Å². The number of nitrogens with one attached hydrogen (secondary N) is 1. The first-order chi connectivity index (χ1) is 13.7. The van der Waals surface area contributed by atoms with Crippen LogP contribution in [0.2, 0.25) is 0 Å². The van der Waals surface area contributed by atoms with Gasteiger partial charge < -0.3 is 14.5 Å². The lowest BCUT2D eigenvalue weighted by Crippen LogP contribution is -2.23. The second-order valence-corrected chi connectivity index (χ2v) is 7.56. The Kier molecular flexibility index (Phi) is 5.45. The number of aromatic nitrogens is 2. The van der Waals surface area contributed by atoms with Gasteiger partial charge in [-0.3, -0.25) is 4.79 Å². The number of hydrogen-bond donors (Lipinski definition) is 1. The summed E-state index contributed by atoms with van der Waals surface area (Å²) in [5.74, 6) is 0.448. The molecule has 9 heteroatoms. The van der Waals surface area contributed by atoms with Crippen molar-refractivity contribution >= 4 is 28.6 Å². The van der Waals surface area contributed by atoms with Crippen LogP contribution in [0.1, 0.15) is 21.2 Å². The molecule has 0 radical (unpaired) electrons. The van der Waals surface area contributed by atoms with Crippen molar-refractivity contribution in [3.63, 3.8) is 0 Å². The molecule has 0 spiro atoms. The summed E-state index contributed by atoms with van der Waals surface area (Å²) < 4.78 is 23.9. The van der Waals surface area contributed by atoms with Gasteiger partial charge in [0, 0.05) is 5.38 Å². The van der Waals surface area contributed by atoms with E-state index in [1.807, 2.05) is 17.5 Å². The maximum Gasteiger partial charge on any atom is 0.271 e. The average Bonchev–Trinajstić information content (AvgIpc) is 3.47. The van der Waals surface area contributed by atoms with Crippen molar-refractivity contribution in [1.82, 2.24) is 15.3 Å². The predicted octanol–water partition coefficient (Wildman–Crippen LogP) is 4.51. The highest BCUT2D eigenvalue weighted by Gasteiger charge is 2.13. The van der Waals surface area contributed by atoms with Gasteiger partial charge in [0.1, 0.15) is 35.1 Å². The third-order valence-electron chi connectivity index (χ3n) is 3.67. The van der Waals surface area contributed by atoms with Gasteiger partial charge in [0.2, 0.25) is 5.89 Å². The van der Waals surface area contributed by atoms with Gasteiger partial charge >= 0.3 is 0 Å². The molecule has 3 heterocycles. The molecule has 0 atom stereocenters. The van der Waals surface area contributed by atoms with Gasteiger partial charge in [0.25, 0.3) is 5.91 Å². The highest BCUT2D eigenvalue weighted by Crippen LogP contribution is 2.23. The van der Waals surface area contributed by atoms with Gasteiger partial charge in [0.05, 0.1) is 17.1 Å². The number of ether oxygens (including phenoxy) is 1. The minimum atomic E-state index is -0.324. The van der Waals surface area contributed by atoms with E-state index in [9.17, 15) is 9.18 Å². The van der Waals surface area contributed by atoms with Crippen LogP contribution in [-0.4, -0.2) is 15.9 Å². The molecule has 6 nitrogen and oxygen atoms in total. The number of benzene rings is 1. The van der Waals surface area contributed by atoms with Crippen molar-refractivity contribution in [1.29, 1.82) is 0 Å². The molecule has 0 bridgehead atoms. The third-order valence-corrected chi connectivity index (χ3v) is 5.35. The molecule has 0 aliphatic carbocycles. The fourth-order valence-electron chi connectivity index (χ4n) is 2.32. The van der Waals surface area contributed by atoms with Crippen LogP contribution in [0, 0.1) is 5.82 Å². The molecule has 0 unspecified atom stereocenters. The molecule has 0 saturated carbocycles. The summed E-state index contributed by atoms with van der Waals surface area (Å²) in [6.07, 6.45) is 1.53. The monoisotopic (exact) mass is 415 g/mol. The van der Waals surface area contributed by atoms with Gasteiger partial charge in [-0.25, -0.2) is 14.4 Å². The van der Waals surface area contributed by atoms with E-state index in [0.29, 0.717) is 28.0 Å². The predicted molar refractivity (Wildman–Crippen MR) is 104 cm³/mol. The second kappa shape index (κ2) is 8.32. The number of thiophene rings is 1. The van der Waals surface area contributed by atoms with Crippen LogP contribution < -0.4 is 10.1 Å². The number of halogens is 1. The lowest BCUT2D eigenvalue weighted by atomic mass is 10.3. The fraction of sp³-hybridized carbons (Fsp3) is 0.105. The average molecular weight is 415 g/mol. The van der Waals surface area contributed by atoms with Crippen LogP contribution in [0.15, 0.2) is 57.8 Å². The minimum absolute atomic E-state index is 0.205. The number of hydrogen-bond acceptors (Lipinski definition) is 7. The Morgan fingerprint density at radius 3 is 2.82 bits per heavy atom. The second-order valence-electron chi connectivity index (χ2n) is 5.67. The number of nitrogens with zero attached hydrogens (tertiary/aromatic N) is 2. The lowest BCUT2D eigenvalue weighted by Gasteiger charge is -2.03. The van der Waals surface area contributed by atoms with Crippen molar-refractivity contribution in [2.45, 2.75) is 13.2 Å². The molecule has 28 heavy (non-hydrogen) atoms. The van der Waals surface area contributed by atoms with Crippen molar-refractivity contribution in [3.8, 4) is 16.5 Å². The van der Waals surface area contributed by atoms with Gasteiger partial charge in [-0.05, 0) is 35.7 Å². The number of thiazole rings is 1. The SMILES string of the molecule is O=C(NCc1coc(-c2cccs2)n1)c1csc(COc2ccc(F)cc2)n1. The van der Waals surface area contributed by atoms with E-state index in [0.717, 1.165) is 4.88 Å². The van der Waals surface area contributed by atoms with Crippen molar-refractivity contribution in [3.05, 3.63) is 75.6 Å². The van der Waals surface area contributed by atoms with Crippen LogP contribution in [0.4, 0.5) is 4.39 Å². The van der Waals surface area contributed by atoms with Crippen molar-refractivity contribution in [2.75, 3.05) is 0 Å². The Balaban J connectivity index is 1.30. The number of carbonyl (C=O) groups excluding carboxylic acids is 1. The quantitative estimate of drug-likeness (QED) is 0.481. The van der Waals surface area contributed by atoms with E-state index >= 15 is 0 Å². The lowest BCUT2D eigenvalue weighted by molar-refractivity contribution is 0.0946. The molecule has 0 saturated heterocycles. The Hall–Kier alpha value is -3.04. The van der Waals surface area contributed by atoms with E-state index in [2.05, 4.69) is 15.3 Å². The largest absolute Gasteiger partial charge is 0.486 e. The zero-order valence-electron chi connectivity index (χ0n) is 14.4. The third kappa shape index (κ3) is 4.44. The molecule has 0 aliphatic rings. The van der Waals surface area contributed by atoms with Crippen LogP contribution in [0.3, 0.4) is 0 Å². The Morgan fingerprint density at radius 2 is 2.04 bits per heavy atom. The highest BCUT2D eigenvalue weighted by atomic mass is 32.1. The van der Waals surface area contributed by atoms with E-state index in [4.69, 9.17) is 9.15 Å². The fourth-order valence-corrected chi connectivity index (χ4v) is 3.66. The Morgan fingerprint density at radius 1 is 1.18 bits per heavy atom. The summed E-state index contributed by atoms with van der Waals surface area (Å²) in [4.78, 5) is 21.8. The normalized spacial score (nSPS) is 10.8. The summed E-state index contributed by atoms with van der Waals surface area (Å²) in [6.45, 7) is 0.448. The number of amides is 1. The number of oxazole rings is 1. The van der Waals surface area contributed by atoms with Crippen LogP contribution >= 0.6 is 22.7 Å². The van der Waals surface area contributed by atoms with E-state index in [1.54, 1.807) is 17.5 Å². The van der Waals surface area contributed by atoms with Crippen LogP contribution in [0.5, 0.6) is 5.75 Å². The van der Waals surface area contributed by atoms with Crippen molar-refractivity contribution in [2.24, 2.45) is 0 Å². The molecule has 1 amide bonds. The molecule has 4 rings (SSSR count). The molecule has 1 aromatic carbocycles. The van der Waals surface area contributed by atoms with Gasteiger partial charge in [-0.1, -0.05) is 6.07 Å². The first-order valence-electron chi connectivity index (χ1n) is 8.26. The summed E-state index contributed by atoms with van der Waals surface area (Å²) in [5.41, 5.74) is 0.941. The number of rotatable bonds is 7. The molecule has 3 aromatic heterocycles. The summed E-state index contributed by atoms with van der Waals surface area (Å²) in [7, 11) is 0. The summed E-state index contributed by atoms with van der Waals surface area (Å²) in [5, 5.41) is 7.03. The van der Waals surface area contributed by atoms with Gasteiger partial charge in [0.15, 0.2) is 0 Å². The van der Waals surface area contributed by atoms with E-state index in [1.165, 1.54) is 41.1 Å². The minimum Gasteiger partial charge on any atom is -0.486 e. The van der Waals surface area contributed by atoms with Crippen molar-refractivity contribution < 1.29 is 18.3 Å². The first kappa shape index (κ1) is 18.3. The summed E-state index contributed by atoms with van der Waals surface area (Å²) >= 11 is 2.85. The van der Waals surface area contributed by atoms with E-state index < -0.39 is 0 Å². The van der Waals surface area contributed by atoms with Gasteiger partial charge in [-0.15, -0.1) is 22.7 Å². The molecule has 142 valence electrons. The smallest absolute Gasteiger partial charge is 0.271 e. The number of carbonyl (C=O) groups is 1. The maximum absolute atomic E-state index is 12.9. The highest BCUT2D eigenvalue weighted by molar-refractivity contribution is 7.13. The van der Waals surface area contributed by atoms with Crippen LogP contribution in [-0.2, 0) is 13.2 Å². The zero-order valence-corrected chi connectivity index (χ0v) is 16.1. The standard InChI is InChI=1S/C19H14FN3O3S2/c20-12-3-5-14(6-4-12)25-10-17-23-15(11-28-17)18(24)21-8-13-9-26-19(22-13)16-2-1-7-27-16/h1-7,9,11H,8,10H2,(H,21,24). The molecular formula is C19H14FN3O3S2. The Labute approximate surface area is 167 Å². The van der Waals surface area contributed by atoms with Crippen LogP contribution in [0.25, 0.3) is 10.8 Å². The zero-order chi connectivity index (χ0) is 19.3. The first-order valence-corrected chi connectivity index (χ1v) is 10.0. The van der Waals surface area contributed by atoms with Gasteiger partial charge in [-0.2, -0.15) is 0 Å². The molecule has 0 fully saturated rings. The summed E-state index contributed by atoms with van der Waals surface area (Å²) in [6, 6.07) is 9.57. The molecule has 1 N–H and O–H groups in total. The molecular weight excluding hydrogens is 401 g/mol. The maximum atomic E-state index is 12.9. The van der Waals surface area contributed by atoms with E-state index in [-0.39, 0.29) is 24.9 Å². The molecule has 0 aliphatic heterocycles.